The molecule has 0 saturated heterocycles. The van der Waals surface area contributed by atoms with Crippen molar-refractivity contribution in [2.45, 2.75) is 52.0 Å². The summed E-state index contributed by atoms with van der Waals surface area (Å²) in [5, 5.41) is 0. The Morgan fingerprint density at radius 3 is 1.96 bits per heavy atom. The van der Waals surface area contributed by atoms with Gasteiger partial charge in [0.05, 0.1) is 6.04 Å². The number of nitrogens with zero attached hydrogens (tertiary/aromatic N) is 1. The second kappa shape index (κ2) is 10.6. The Morgan fingerprint density at radius 1 is 1.04 bits per heavy atom. The number of esters is 3. The zero-order chi connectivity index (χ0) is 18.9. The quantitative estimate of drug-likeness (QED) is 0.306. The number of hydrogen-bond acceptors (Lipinski definition) is 8. The van der Waals surface area contributed by atoms with Gasteiger partial charge in [0, 0.05) is 34.9 Å². The average molecular weight is 347 g/mol. The van der Waals surface area contributed by atoms with Crippen LogP contribution in [0.4, 0.5) is 0 Å². The van der Waals surface area contributed by atoms with Crippen LogP contribution < -0.4 is 0 Å². The first kappa shape index (κ1) is 21.8. The van der Waals surface area contributed by atoms with Gasteiger partial charge in [-0.25, -0.2) is 0 Å². The highest BCUT2D eigenvalue weighted by Crippen LogP contribution is 2.19. The fourth-order valence-corrected chi connectivity index (χ4v) is 2.35. The molecule has 0 aliphatic heterocycles. The normalized spacial score (nSPS) is 15.4. The molecule has 0 radical (unpaired) electrons. The molecule has 24 heavy (non-hydrogen) atoms. The van der Waals surface area contributed by atoms with Gasteiger partial charge in [-0.3, -0.25) is 19.2 Å². The summed E-state index contributed by atoms with van der Waals surface area (Å²) in [4.78, 5) is 46.1. The van der Waals surface area contributed by atoms with Gasteiger partial charge in [0.1, 0.15) is 18.8 Å². The van der Waals surface area contributed by atoms with Crippen molar-refractivity contribution in [2.24, 2.45) is 0 Å². The predicted octanol–water partition coefficient (Wildman–Crippen LogP) is -0.0954. The number of ether oxygens (including phenoxy) is 4. The summed E-state index contributed by atoms with van der Waals surface area (Å²) >= 11 is 0. The van der Waals surface area contributed by atoms with Gasteiger partial charge < -0.3 is 23.8 Å². The molecule has 0 bridgehead atoms. The Labute approximate surface area is 141 Å². The van der Waals surface area contributed by atoms with E-state index in [1.54, 1.807) is 6.92 Å². The first-order chi connectivity index (χ1) is 11.1. The van der Waals surface area contributed by atoms with E-state index in [2.05, 4.69) is 0 Å². The van der Waals surface area contributed by atoms with Gasteiger partial charge in [-0.2, -0.15) is 0 Å². The van der Waals surface area contributed by atoms with Crippen LogP contribution in [0.2, 0.25) is 0 Å². The lowest BCUT2D eigenvalue weighted by atomic mass is 9.99. The Morgan fingerprint density at radius 2 is 1.58 bits per heavy atom. The van der Waals surface area contributed by atoms with Gasteiger partial charge in [0.2, 0.25) is 6.41 Å². The molecule has 9 heteroatoms. The van der Waals surface area contributed by atoms with Crippen LogP contribution in [0.25, 0.3) is 0 Å². The minimum atomic E-state index is -0.984. The van der Waals surface area contributed by atoms with E-state index < -0.39 is 42.3 Å². The Hall–Kier alpha value is -2.16. The van der Waals surface area contributed by atoms with Gasteiger partial charge >= 0.3 is 17.9 Å². The number of methoxy groups -OCH3 is 1. The second-order valence-corrected chi connectivity index (χ2v) is 5.23. The molecular formula is C15H25NO8. The predicted molar refractivity (Wildman–Crippen MR) is 81.8 cm³/mol. The zero-order valence-corrected chi connectivity index (χ0v) is 14.8. The van der Waals surface area contributed by atoms with Gasteiger partial charge in [-0.05, 0) is 6.92 Å². The molecule has 0 fully saturated rings. The number of rotatable bonds is 10. The number of hydrogen-bond donors (Lipinski definition) is 0. The maximum atomic E-state index is 11.3. The summed E-state index contributed by atoms with van der Waals surface area (Å²) in [5.74, 6) is -1.71. The monoisotopic (exact) mass is 347 g/mol. The molecule has 1 amide bonds. The van der Waals surface area contributed by atoms with Gasteiger partial charge in [0.15, 0.2) is 6.10 Å². The lowest BCUT2D eigenvalue weighted by Crippen LogP contribution is -2.56. The highest BCUT2D eigenvalue weighted by atomic mass is 16.6. The standard InChI is InChI=1S/C15H25NO8/c1-9(23-11(3)19)14(16(5)8-17)15(21-6)13(24-12(4)20)7-22-10(2)18/h8-9,13-15H,7H2,1-6H3/t9-,13-,14-,15-/m1/s1. The molecule has 0 unspecified atom stereocenters. The van der Waals surface area contributed by atoms with Crippen LogP contribution in [-0.4, -0.2) is 74.3 Å². The van der Waals surface area contributed by atoms with Crippen molar-refractivity contribution in [3.05, 3.63) is 0 Å². The lowest BCUT2D eigenvalue weighted by molar-refractivity contribution is -0.176. The molecule has 0 aromatic carbocycles. The van der Waals surface area contributed by atoms with Crippen LogP contribution in [0.3, 0.4) is 0 Å². The number of likely N-dealkylation sites (N-methyl/N-ethyl adjacent to an activating group) is 1. The van der Waals surface area contributed by atoms with E-state index in [1.165, 1.54) is 39.8 Å². The molecule has 4 atom stereocenters. The van der Waals surface area contributed by atoms with Crippen LogP contribution >= 0.6 is 0 Å². The van der Waals surface area contributed by atoms with Crippen molar-refractivity contribution >= 4 is 24.3 Å². The summed E-state index contributed by atoms with van der Waals surface area (Å²) in [6.45, 7) is 4.96. The minimum Gasteiger partial charge on any atom is -0.462 e. The fourth-order valence-electron chi connectivity index (χ4n) is 2.35. The van der Waals surface area contributed by atoms with Crippen LogP contribution in [0.5, 0.6) is 0 Å². The van der Waals surface area contributed by atoms with Crippen molar-refractivity contribution in [2.75, 3.05) is 20.8 Å². The Balaban J connectivity index is 5.55. The molecule has 138 valence electrons. The molecule has 0 aromatic rings. The first-order valence-electron chi connectivity index (χ1n) is 7.31. The molecular weight excluding hydrogens is 322 g/mol. The van der Waals surface area contributed by atoms with E-state index in [-0.39, 0.29) is 6.61 Å². The maximum absolute atomic E-state index is 11.3. The maximum Gasteiger partial charge on any atom is 0.303 e. The van der Waals surface area contributed by atoms with Crippen molar-refractivity contribution in [1.82, 2.24) is 4.90 Å². The van der Waals surface area contributed by atoms with E-state index in [4.69, 9.17) is 18.9 Å². The highest BCUT2D eigenvalue weighted by Gasteiger charge is 2.39. The van der Waals surface area contributed by atoms with Gasteiger partial charge in [0.25, 0.3) is 0 Å². The average Bonchev–Trinajstić information content (AvgIpc) is 2.46. The summed E-state index contributed by atoms with van der Waals surface area (Å²) in [6.07, 6.45) is -2.09. The number of carbonyl (C=O) groups excluding carboxylic acids is 4. The van der Waals surface area contributed by atoms with Gasteiger partial charge in [-0.1, -0.05) is 0 Å². The largest absolute Gasteiger partial charge is 0.462 e. The van der Waals surface area contributed by atoms with E-state index in [9.17, 15) is 19.2 Å². The fraction of sp³-hybridized carbons (Fsp3) is 0.733. The van der Waals surface area contributed by atoms with E-state index in [1.807, 2.05) is 0 Å². The van der Waals surface area contributed by atoms with Crippen molar-refractivity contribution < 1.29 is 38.1 Å². The van der Waals surface area contributed by atoms with Crippen LogP contribution in [0.1, 0.15) is 27.7 Å². The summed E-state index contributed by atoms with van der Waals surface area (Å²) < 4.78 is 20.6. The molecule has 0 aliphatic rings. The Bertz CT molecular complexity index is 453. The number of carbonyl (C=O) groups is 4. The third-order valence-electron chi connectivity index (χ3n) is 3.21. The van der Waals surface area contributed by atoms with Crippen molar-refractivity contribution in [3.8, 4) is 0 Å². The van der Waals surface area contributed by atoms with Crippen molar-refractivity contribution in [1.29, 1.82) is 0 Å². The molecule has 9 nitrogen and oxygen atoms in total. The highest BCUT2D eigenvalue weighted by molar-refractivity contribution is 5.67. The zero-order valence-electron chi connectivity index (χ0n) is 14.8. The molecule has 0 rings (SSSR count). The molecule has 0 N–H and O–H groups in total. The topological polar surface area (TPSA) is 108 Å². The third kappa shape index (κ3) is 7.40. The summed E-state index contributed by atoms with van der Waals surface area (Å²) in [6, 6.07) is -0.767. The smallest absolute Gasteiger partial charge is 0.303 e. The molecule has 0 spiro atoms. The van der Waals surface area contributed by atoms with Crippen LogP contribution in [0.15, 0.2) is 0 Å². The van der Waals surface area contributed by atoms with E-state index in [0.29, 0.717) is 6.41 Å². The Kier molecular flexibility index (Phi) is 9.63. The molecule has 0 aromatic heterocycles. The minimum absolute atomic E-state index is 0.261. The summed E-state index contributed by atoms with van der Waals surface area (Å²) in [7, 11) is 2.82. The molecule has 0 heterocycles. The second-order valence-electron chi connectivity index (χ2n) is 5.23. The summed E-state index contributed by atoms with van der Waals surface area (Å²) in [5.41, 5.74) is 0. The van der Waals surface area contributed by atoms with Crippen molar-refractivity contribution in [3.63, 3.8) is 0 Å². The van der Waals surface area contributed by atoms with E-state index >= 15 is 0 Å². The lowest BCUT2D eigenvalue weighted by Gasteiger charge is -2.38. The van der Waals surface area contributed by atoms with Gasteiger partial charge in [-0.15, -0.1) is 0 Å². The van der Waals surface area contributed by atoms with Crippen LogP contribution in [0, 0.1) is 0 Å². The first-order valence-corrected chi connectivity index (χ1v) is 7.31. The van der Waals surface area contributed by atoms with Crippen LogP contribution in [-0.2, 0) is 38.1 Å². The third-order valence-corrected chi connectivity index (χ3v) is 3.21. The number of amides is 1. The SMILES string of the molecule is CO[C@@H]([C@@H]([C@@H](C)OC(C)=O)N(C)C=O)[C@@H](COC(C)=O)OC(C)=O. The molecule has 0 aliphatic carbocycles. The van der Waals surface area contributed by atoms with E-state index in [0.717, 1.165) is 0 Å². The molecule has 0 saturated carbocycles.